The Kier molecular flexibility index (Phi) is 9.97. The molecule has 5 heterocycles. The minimum Gasteiger partial charge on any atom is -0.468 e. The number of carbonyl (C=O) groups excluding carboxylic acids is 4. The van der Waals surface area contributed by atoms with Crippen LogP contribution in [-0.2, 0) is 31.9 Å². The average Bonchev–Trinajstić information content (AvgIpc) is 3.87. The van der Waals surface area contributed by atoms with Gasteiger partial charge in [0, 0.05) is 68.8 Å². The van der Waals surface area contributed by atoms with Crippen molar-refractivity contribution in [1.29, 1.82) is 0 Å². The van der Waals surface area contributed by atoms with Crippen LogP contribution in [0.4, 0.5) is 0 Å². The summed E-state index contributed by atoms with van der Waals surface area (Å²) in [5.41, 5.74) is 11.2. The third-order valence-corrected chi connectivity index (χ3v) is 11.1. The van der Waals surface area contributed by atoms with Crippen molar-refractivity contribution in [1.82, 2.24) is 20.3 Å². The van der Waals surface area contributed by atoms with Crippen LogP contribution in [0.1, 0.15) is 120 Å². The van der Waals surface area contributed by atoms with E-state index >= 15 is 0 Å². The topological polar surface area (TPSA) is 146 Å². The van der Waals surface area contributed by atoms with Gasteiger partial charge in [0.25, 0.3) is 0 Å². The molecule has 0 amide bonds. The van der Waals surface area contributed by atoms with Gasteiger partial charge in [-0.1, -0.05) is 33.3 Å². The van der Waals surface area contributed by atoms with Gasteiger partial charge in [-0.05, 0) is 93.0 Å². The molecule has 4 N–H and O–H groups in total. The van der Waals surface area contributed by atoms with Crippen molar-refractivity contribution >= 4 is 47.8 Å². The van der Waals surface area contributed by atoms with Gasteiger partial charge in [0.05, 0.1) is 18.2 Å². The van der Waals surface area contributed by atoms with E-state index < -0.39 is 11.9 Å². The Hall–Kier alpha value is -5.12. The lowest BCUT2D eigenvalue weighted by atomic mass is 9.85. The molecule has 0 aromatic carbocycles. The number of carbonyl (C=O) groups is 4. The summed E-state index contributed by atoms with van der Waals surface area (Å²) in [7, 11) is 1.29. The zero-order valence-corrected chi connectivity index (χ0v) is 30.8. The van der Waals surface area contributed by atoms with Gasteiger partial charge in [0.1, 0.15) is 12.5 Å². The lowest BCUT2D eigenvalue weighted by Crippen LogP contribution is -2.25. The third kappa shape index (κ3) is 6.15. The monoisotopic (exact) mass is 692 g/mol. The first kappa shape index (κ1) is 35.7. The SMILES string of the molecule is CC/C(C)=C/COC(=O)CC[C@@H]1/C2=C3/c4[nH]c(c(C)c4C(=O)[C@@H]3C(=O)OC)/C=c3\[nH]/c(c(C=O)c3CC)=C\c3[nH]c(c(C)c3CC)/C=C(\N2)[C@H]1C. The molecule has 0 saturated carbocycles. The van der Waals surface area contributed by atoms with Gasteiger partial charge in [-0.3, -0.25) is 19.2 Å². The van der Waals surface area contributed by atoms with Gasteiger partial charge >= 0.3 is 11.9 Å². The molecule has 51 heavy (non-hydrogen) atoms. The smallest absolute Gasteiger partial charge is 0.321 e. The molecule has 268 valence electrons. The highest BCUT2D eigenvalue weighted by atomic mass is 16.5. The third-order valence-electron chi connectivity index (χ3n) is 11.1. The summed E-state index contributed by atoms with van der Waals surface area (Å²) >= 11 is 0. The summed E-state index contributed by atoms with van der Waals surface area (Å²) in [5, 5.41) is 5.12. The van der Waals surface area contributed by atoms with Crippen molar-refractivity contribution in [3.63, 3.8) is 0 Å². The zero-order chi connectivity index (χ0) is 36.7. The van der Waals surface area contributed by atoms with E-state index in [1.54, 1.807) is 0 Å². The summed E-state index contributed by atoms with van der Waals surface area (Å²) < 4.78 is 10.8. The number of hydrogen-bond acceptors (Lipinski definition) is 7. The quantitative estimate of drug-likeness (QED) is 0.0955. The fraction of sp³-hybridized carbons (Fsp3) is 0.415. The predicted molar refractivity (Wildman–Crippen MR) is 197 cm³/mol. The van der Waals surface area contributed by atoms with E-state index in [-0.39, 0.29) is 36.6 Å². The summed E-state index contributed by atoms with van der Waals surface area (Å²) in [6, 6.07) is 0. The number of aldehydes is 1. The first-order valence-electron chi connectivity index (χ1n) is 18.0. The number of fused-ring (bicyclic) bond motifs is 7. The Labute approximate surface area is 298 Å². The molecule has 8 bridgehead atoms. The molecular formula is C41H48N4O6. The van der Waals surface area contributed by atoms with Gasteiger partial charge < -0.3 is 29.7 Å². The van der Waals surface area contributed by atoms with Crippen LogP contribution in [0.15, 0.2) is 23.0 Å². The van der Waals surface area contributed by atoms with Gasteiger partial charge in [0.2, 0.25) is 0 Å². The molecule has 1 aliphatic carbocycles. The van der Waals surface area contributed by atoms with Crippen molar-refractivity contribution in [2.45, 2.75) is 80.6 Å². The Bertz CT molecular complexity index is 2170. The van der Waals surface area contributed by atoms with Crippen molar-refractivity contribution in [3.05, 3.63) is 89.9 Å². The molecule has 1 fully saturated rings. The second-order valence-corrected chi connectivity index (χ2v) is 13.8. The lowest BCUT2D eigenvalue weighted by molar-refractivity contribution is -0.143. The van der Waals surface area contributed by atoms with Crippen LogP contribution >= 0.6 is 0 Å². The number of rotatable bonds is 10. The van der Waals surface area contributed by atoms with Crippen molar-refractivity contribution < 1.29 is 28.7 Å². The van der Waals surface area contributed by atoms with Gasteiger partial charge in [-0.15, -0.1) is 0 Å². The lowest BCUT2D eigenvalue weighted by Gasteiger charge is -2.19. The van der Waals surface area contributed by atoms with Crippen LogP contribution in [0.2, 0.25) is 0 Å². The molecular weight excluding hydrogens is 644 g/mol. The van der Waals surface area contributed by atoms with Crippen molar-refractivity contribution in [2.75, 3.05) is 13.7 Å². The number of esters is 2. The molecule has 2 aliphatic heterocycles. The summed E-state index contributed by atoms with van der Waals surface area (Å²) in [4.78, 5) is 63.8. The van der Waals surface area contributed by atoms with Gasteiger partial charge in [-0.2, -0.15) is 0 Å². The van der Waals surface area contributed by atoms with Crippen molar-refractivity contribution in [3.8, 4) is 0 Å². The molecule has 10 heteroatoms. The van der Waals surface area contributed by atoms with E-state index in [2.05, 4.69) is 54.0 Å². The maximum absolute atomic E-state index is 14.2. The fourth-order valence-electron chi connectivity index (χ4n) is 7.94. The van der Waals surface area contributed by atoms with Gasteiger partial charge in [-0.25, -0.2) is 0 Å². The van der Waals surface area contributed by atoms with E-state index in [1.807, 2.05) is 39.0 Å². The largest absolute Gasteiger partial charge is 0.468 e. The Morgan fingerprint density at radius 2 is 1.63 bits per heavy atom. The number of methoxy groups -OCH3 is 1. The summed E-state index contributed by atoms with van der Waals surface area (Å²) in [6.45, 7) is 14.5. The van der Waals surface area contributed by atoms with Crippen LogP contribution in [0.3, 0.4) is 0 Å². The first-order valence-corrected chi connectivity index (χ1v) is 18.0. The van der Waals surface area contributed by atoms with Crippen LogP contribution in [-0.4, -0.2) is 52.7 Å². The minimum absolute atomic E-state index is 0.0997. The normalized spacial score (nSPS) is 23.1. The molecule has 3 aromatic heterocycles. The van der Waals surface area contributed by atoms with Crippen LogP contribution in [0, 0.1) is 31.6 Å². The first-order chi connectivity index (χ1) is 24.5. The van der Waals surface area contributed by atoms with E-state index in [4.69, 9.17) is 9.47 Å². The van der Waals surface area contributed by atoms with Crippen molar-refractivity contribution in [2.24, 2.45) is 17.8 Å². The number of allylic oxidation sites excluding steroid dienone is 3. The molecule has 6 rings (SSSR count). The minimum atomic E-state index is -1.17. The molecule has 0 radical (unpaired) electrons. The number of aromatic amines is 3. The van der Waals surface area contributed by atoms with E-state index in [9.17, 15) is 19.2 Å². The molecule has 0 unspecified atom stereocenters. The number of H-pyrrole nitrogens is 3. The van der Waals surface area contributed by atoms with Crippen LogP contribution in [0.5, 0.6) is 0 Å². The molecule has 3 aromatic rings. The summed E-state index contributed by atoms with van der Waals surface area (Å²) in [6.07, 6.45) is 11.7. The Morgan fingerprint density at radius 1 is 0.922 bits per heavy atom. The van der Waals surface area contributed by atoms with Crippen LogP contribution < -0.4 is 16.0 Å². The molecule has 3 aliphatic rings. The number of ether oxygens (including phenoxy) is 2. The molecule has 10 nitrogen and oxygen atoms in total. The number of nitrogens with one attached hydrogen (secondary N) is 4. The highest BCUT2D eigenvalue weighted by molar-refractivity contribution is 6.24. The maximum atomic E-state index is 14.2. The predicted octanol–water partition coefficient (Wildman–Crippen LogP) is 5.47. The fourth-order valence-corrected chi connectivity index (χ4v) is 7.94. The average molecular weight is 693 g/mol. The number of Topliss-reactive ketones (excluding diaryl/α,β-unsaturated/α-hetero) is 1. The summed E-state index contributed by atoms with van der Waals surface area (Å²) in [5.74, 6) is -2.78. The second kappa shape index (κ2) is 14.2. The maximum Gasteiger partial charge on any atom is 0.321 e. The number of aromatic nitrogens is 3. The highest BCUT2D eigenvalue weighted by Gasteiger charge is 2.48. The van der Waals surface area contributed by atoms with Gasteiger partial charge in [0.15, 0.2) is 12.1 Å². The van der Waals surface area contributed by atoms with E-state index in [0.717, 1.165) is 69.5 Å². The molecule has 3 atom stereocenters. The van der Waals surface area contributed by atoms with Crippen LogP contribution in [0.25, 0.3) is 23.8 Å². The second-order valence-electron chi connectivity index (χ2n) is 13.8. The number of ketones is 1. The highest BCUT2D eigenvalue weighted by Crippen LogP contribution is 2.48. The Balaban J connectivity index is 1.60. The van der Waals surface area contributed by atoms with E-state index in [0.29, 0.717) is 51.8 Å². The Morgan fingerprint density at radius 3 is 2.29 bits per heavy atom. The molecule has 0 spiro atoms. The molecule has 1 saturated heterocycles. The zero-order valence-electron chi connectivity index (χ0n) is 30.8. The van der Waals surface area contributed by atoms with E-state index in [1.165, 1.54) is 7.11 Å². The number of hydrogen-bond donors (Lipinski definition) is 4. The standard InChI is InChI=1S/C41H48N4O6/c1-9-20(4)14-15-51-34(47)13-12-26-22(6)29-16-28-21(5)24(10-2)31(42-28)18-33-27(19-46)25(11-3)32(43-33)17-30-23(7)35-39(45-30)36(38(26)44-29)37(40(35)48)41(49)50-8/h14,16-19,22,26,37,42-45H,9-13,15H2,1-8H3/b20-14+,29-16-,32-17-,33-18-,38-36-/t22-,26-,37+/m0/s1.